The first-order chi connectivity index (χ1) is 8.72. The third-order valence-corrected chi connectivity index (χ3v) is 3.96. The summed E-state index contributed by atoms with van der Waals surface area (Å²) in [5.74, 6) is -0.890. The molecule has 0 heterocycles. The summed E-state index contributed by atoms with van der Waals surface area (Å²) in [5.41, 5.74) is 0.415. The van der Waals surface area contributed by atoms with Crippen molar-refractivity contribution in [3.8, 4) is 0 Å². The predicted molar refractivity (Wildman–Crippen MR) is 71.9 cm³/mol. The summed E-state index contributed by atoms with van der Waals surface area (Å²) in [6.45, 7) is 1.71. The Bertz CT molecular complexity index is 557. The Morgan fingerprint density at radius 1 is 1.37 bits per heavy atom. The number of carbonyl (C=O) groups is 1. The van der Waals surface area contributed by atoms with E-state index in [0.717, 1.165) is 6.26 Å². The van der Waals surface area contributed by atoms with Gasteiger partial charge < -0.3 is 4.90 Å². The van der Waals surface area contributed by atoms with Gasteiger partial charge in [0.1, 0.15) is 15.7 Å². The highest BCUT2D eigenvalue weighted by Gasteiger charge is 2.20. The third-order valence-electron chi connectivity index (χ3n) is 3.02. The molecule has 0 aromatic heterocycles. The van der Waals surface area contributed by atoms with Gasteiger partial charge in [0.25, 0.3) is 0 Å². The number of nitrogens with zero attached hydrogens (tertiary/aromatic N) is 1. The first-order valence-corrected chi connectivity index (χ1v) is 7.96. The lowest BCUT2D eigenvalue weighted by Crippen LogP contribution is -2.31. The minimum Gasteiger partial charge on any atom is -0.339 e. The zero-order valence-electron chi connectivity index (χ0n) is 11.3. The van der Waals surface area contributed by atoms with Crippen molar-refractivity contribution in [2.24, 2.45) is 0 Å². The van der Waals surface area contributed by atoms with E-state index in [2.05, 4.69) is 0 Å². The molecule has 0 radical (unpaired) electrons. The number of sulfone groups is 1. The van der Waals surface area contributed by atoms with E-state index in [1.54, 1.807) is 32.2 Å². The van der Waals surface area contributed by atoms with Gasteiger partial charge in [-0.25, -0.2) is 12.8 Å². The lowest BCUT2D eigenvalue weighted by atomic mass is 10.1. The molecule has 1 amide bonds. The van der Waals surface area contributed by atoms with Crippen LogP contribution < -0.4 is 0 Å². The van der Waals surface area contributed by atoms with Crippen LogP contribution in [0.4, 0.5) is 4.39 Å². The van der Waals surface area contributed by atoms with Gasteiger partial charge in [0.05, 0.1) is 11.8 Å². The van der Waals surface area contributed by atoms with Crippen molar-refractivity contribution in [3.63, 3.8) is 0 Å². The molecule has 0 aliphatic heterocycles. The molecule has 0 saturated heterocycles. The number of rotatable bonds is 5. The normalized spacial score (nSPS) is 13.1. The topological polar surface area (TPSA) is 54.5 Å². The first-order valence-electron chi connectivity index (χ1n) is 5.90. The minimum atomic E-state index is -3.17. The van der Waals surface area contributed by atoms with E-state index in [4.69, 9.17) is 0 Å². The van der Waals surface area contributed by atoms with Crippen LogP contribution in [0.2, 0.25) is 0 Å². The number of carbonyl (C=O) groups excluding carboxylic acids is 1. The van der Waals surface area contributed by atoms with Crippen LogP contribution in [0, 0.1) is 5.82 Å². The van der Waals surface area contributed by atoms with Gasteiger partial charge in [-0.05, 0) is 13.0 Å². The molecule has 4 nitrogen and oxygen atoms in total. The Morgan fingerprint density at radius 3 is 2.47 bits per heavy atom. The second-order valence-corrected chi connectivity index (χ2v) is 6.84. The fourth-order valence-electron chi connectivity index (χ4n) is 1.69. The molecule has 1 unspecified atom stereocenters. The molecule has 1 aromatic carbocycles. The third kappa shape index (κ3) is 4.63. The molecule has 1 rings (SSSR count). The van der Waals surface area contributed by atoms with E-state index >= 15 is 0 Å². The number of hydrogen-bond acceptors (Lipinski definition) is 3. The van der Waals surface area contributed by atoms with Gasteiger partial charge in [-0.15, -0.1) is 0 Å². The van der Waals surface area contributed by atoms with Crippen molar-refractivity contribution in [3.05, 3.63) is 35.6 Å². The maximum Gasteiger partial charge on any atom is 0.223 e. The summed E-state index contributed by atoms with van der Waals surface area (Å²) in [4.78, 5) is 13.2. The molecule has 1 aromatic rings. The number of hydrogen-bond donors (Lipinski definition) is 0. The molecular weight excluding hydrogens is 269 g/mol. The summed E-state index contributed by atoms with van der Waals surface area (Å²) in [6, 6.07) is 5.79. The van der Waals surface area contributed by atoms with Crippen LogP contribution in [0.1, 0.15) is 24.9 Å². The fraction of sp³-hybridized carbons (Fsp3) is 0.462. The van der Waals surface area contributed by atoms with E-state index < -0.39 is 15.9 Å². The van der Waals surface area contributed by atoms with Crippen LogP contribution >= 0.6 is 0 Å². The van der Waals surface area contributed by atoms with Crippen molar-refractivity contribution in [2.75, 3.05) is 19.1 Å². The van der Waals surface area contributed by atoms with Gasteiger partial charge in [-0.2, -0.15) is 0 Å². The van der Waals surface area contributed by atoms with Gasteiger partial charge in [0, 0.05) is 25.3 Å². The van der Waals surface area contributed by atoms with Crippen LogP contribution in [-0.2, 0) is 14.6 Å². The lowest BCUT2D eigenvalue weighted by Gasteiger charge is -2.25. The van der Waals surface area contributed by atoms with Gasteiger partial charge in [0.15, 0.2) is 0 Å². The molecule has 106 valence electrons. The smallest absolute Gasteiger partial charge is 0.223 e. The van der Waals surface area contributed by atoms with Gasteiger partial charge >= 0.3 is 0 Å². The highest BCUT2D eigenvalue weighted by atomic mass is 32.2. The van der Waals surface area contributed by atoms with Crippen LogP contribution in [0.5, 0.6) is 0 Å². The van der Waals surface area contributed by atoms with Crippen LogP contribution in [0.3, 0.4) is 0 Å². The van der Waals surface area contributed by atoms with Crippen molar-refractivity contribution in [1.29, 1.82) is 0 Å². The summed E-state index contributed by atoms with van der Waals surface area (Å²) < 4.78 is 35.6. The Labute approximate surface area is 113 Å². The summed E-state index contributed by atoms with van der Waals surface area (Å²) >= 11 is 0. The summed E-state index contributed by atoms with van der Waals surface area (Å²) in [5, 5.41) is 0. The minimum absolute atomic E-state index is 0.0892. The molecule has 0 saturated carbocycles. The average molecular weight is 287 g/mol. The second kappa shape index (κ2) is 6.14. The molecule has 0 fully saturated rings. The van der Waals surface area contributed by atoms with Crippen LogP contribution in [0.15, 0.2) is 24.3 Å². The van der Waals surface area contributed by atoms with Crippen LogP contribution in [-0.4, -0.2) is 38.3 Å². The Kier molecular flexibility index (Phi) is 5.05. The van der Waals surface area contributed by atoms with E-state index in [0.29, 0.717) is 5.56 Å². The van der Waals surface area contributed by atoms with Crippen molar-refractivity contribution in [1.82, 2.24) is 4.90 Å². The van der Waals surface area contributed by atoms with Gasteiger partial charge in [-0.3, -0.25) is 4.79 Å². The van der Waals surface area contributed by atoms with Gasteiger partial charge in [0.2, 0.25) is 5.91 Å². The standard InChI is InChI=1S/C13H18FNO3S/c1-10(11-6-4-5-7-12(11)14)15(2)13(16)8-9-19(3,17)18/h4-7,10H,8-9H2,1-3H3. The highest BCUT2D eigenvalue weighted by Crippen LogP contribution is 2.22. The maximum atomic E-state index is 13.6. The zero-order chi connectivity index (χ0) is 14.6. The van der Waals surface area contributed by atoms with E-state index in [-0.39, 0.29) is 23.9 Å². The quantitative estimate of drug-likeness (QED) is 0.829. The molecule has 1 atom stereocenters. The molecule has 6 heteroatoms. The van der Waals surface area contributed by atoms with E-state index in [1.807, 2.05) is 0 Å². The number of amides is 1. The number of halogens is 1. The molecule has 19 heavy (non-hydrogen) atoms. The van der Waals surface area contributed by atoms with Crippen molar-refractivity contribution >= 4 is 15.7 Å². The first kappa shape index (κ1) is 15.6. The number of benzene rings is 1. The van der Waals surface area contributed by atoms with Crippen LogP contribution in [0.25, 0.3) is 0 Å². The molecule has 0 N–H and O–H groups in total. The van der Waals surface area contributed by atoms with E-state index in [1.165, 1.54) is 11.0 Å². The Balaban J connectivity index is 2.75. The molecule has 0 bridgehead atoms. The predicted octanol–water partition coefficient (Wildman–Crippen LogP) is 1.78. The molecular formula is C13H18FNO3S. The SMILES string of the molecule is CC(c1ccccc1F)N(C)C(=O)CCS(C)(=O)=O. The second-order valence-electron chi connectivity index (χ2n) is 4.58. The monoisotopic (exact) mass is 287 g/mol. The molecule has 0 aliphatic rings. The summed E-state index contributed by atoms with van der Waals surface area (Å²) in [6.07, 6.45) is 0.995. The molecule has 0 spiro atoms. The summed E-state index contributed by atoms with van der Waals surface area (Å²) in [7, 11) is -1.63. The lowest BCUT2D eigenvalue weighted by molar-refractivity contribution is -0.131. The Hall–Kier alpha value is -1.43. The molecule has 0 aliphatic carbocycles. The maximum absolute atomic E-state index is 13.6. The highest BCUT2D eigenvalue weighted by molar-refractivity contribution is 7.90. The Morgan fingerprint density at radius 2 is 1.95 bits per heavy atom. The average Bonchev–Trinajstić information content (AvgIpc) is 2.34. The largest absolute Gasteiger partial charge is 0.339 e. The van der Waals surface area contributed by atoms with Crippen molar-refractivity contribution in [2.45, 2.75) is 19.4 Å². The van der Waals surface area contributed by atoms with Gasteiger partial charge in [-0.1, -0.05) is 18.2 Å². The van der Waals surface area contributed by atoms with E-state index in [9.17, 15) is 17.6 Å². The zero-order valence-corrected chi connectivity index (χ0v) is 12.1. The fourth-order valence-corrected chi connectivity index (χ4v) is 2.23. The van der Waals surface area contributed by atoms with Crippen molar-refractivity contribution < 1.29 is 17.6 Å².